The molecule has 2 rings (SSSR count). The maximum Gasteiger partial charge on any atom is 0.257 e. The van der Waals surface area contributed by atoms with E-state index in [-0.39, 0.29) is 12.5 Å². The number of hydrogen-bond donors (Lipinski definition) is 1. The van der Waals surface area contributed by atoms with E-state index in [1.807, 2.05) is 0 Å². The molecule has 1 aromatic carbocycles. The van der Waals surface area contributed by atoms with Crippen molar-refractivity contribution in [2.24, 2.45) is 0 Å². The quantitative estimate of drug-likeness (QED) is 0.687. The van der Waals surface area contributed by atoms with Gasteiger partial charge in [-0.25, -0.2) is 0 Å². The summed E-state index contributed by atoms with van der Waals surface area (Å²) < 4.78 is 5.42. The molecular weight excluding hydrogens is 316 g/mol. The number of amides is 1. The summed E-state index contributed by atoms with van der Waals surface area (Å²) in [6.07, 6.45) is 2.05. The summed E-state index contributed by atoms with van der Waals surface area (Å²) in [5.74, 6) is 0.302. The number of carbonyl (C=O) groups is 1. The molecule has 1 N–H and O–H groups in total. The van der Waals surface area contributed by atoms with E-state index in [1.54, 1.807) is 24.3 Å². The fraction of sp³-hybridized carbons (Fsp3) is 0.579. The lowest BCUT2D eigenvalue weighted by Crippen LogP contribution is -2.46. The smallest absolute Gasteiger partial charge is 0.257 e. The third-order valence-corrected chi connectivity index (χ3v) is 4.50. The highest BCUT2D eigenvalue weighted by atomic mass is 16.5. The minimum atomic E-state index is -0.149. The van der Waals surface area contributed by atoms with Crippen molar-refractivity contribution in [2.45, 2.75) is 19.8 Å². The van der Waals surface area contributed by atoms with Crippen LogP contribution in [-0.2, 0) is 4.79 Å². The Labute approximate surface area is 150 Å². The van der Waals surface area contributed by atoms with Gasteiger partial charge in [0.25, 0.3) is 5.91 Å². The highest BCUT2D eigenvalue weighted by molar-refractivity contribution is 5.77. The Morgan fingerprint density at radius 2 is 1.92 bits per heavy atom. The van der Waals surface area contributed by atoms with E-state index in [2.05, 4.69) is 28.1 Å². The van der Waals surface area contributed by atoms with Crippen LogP contribution < -0.4 is 10.1 Å². The summed E-state index contributed by atoms with van der Waals surface area (Å²) in [7, 11) is 0. The number of carbonyl (C=O) groups excluding carboxylic acids is 1. The molecule has 1 amide bonds. The number of rotatable bonds is 9. The van der Waals surface area contributed by atoms with Crippen molar-refractivity contribution in [3.63, 3.8) is 0 Å². The maximum absolute atomic E-state index is 11.8. The number of unbranched alkanes of at least 4 members (excludes halogenated alkanes) is 1. The maximum atomic E-state index is 11.8. The van der Waals surface area contributed by atoms with Crippen molar-refractivity contribution >= 4 is 5.91 Å². The normalized spacial score (nSPS) is 15.5. The van der Waals surface area contributed by atoms with Gasteiger partial charge in [0.15, 0.2) is 6.61 Å². The Kier molecular flexibility index (Phi) is 8.23. The highest BCUT2D eigenvalue weighted by Crippen LogP contribution is 2.16. The predicted octanol–water partition coefficient (Wildman–Crippen LogP) is 1.47. The predicted molar refractivity (Wildman–Crippen MR) is 97.4 cm³/mol. The Balaban J connectivity index is 1.53. The SMILES string of the molecule is CCN1CCN(CCCCNC(=O)COc2ccccc2C#N)CC1. The number of ether oxygens (including phenoxy) is 1. The lowest BCUT2D eigenvalue weighted by atomic mass is 10.2. The van der Waals surface area contributed by atoms with Gasteiger partial charge in [0.1, 0.15) is 11.8 Å². The van der Waals surface area contributed by atoms with E-state index in [1.165, 1.54) is 0 Å². The Bertz CT molecular complexity index is 577. The number of piperazine rings is 1. The second-order valence-corrected chi connectivity index (χ2v) is 6.23. The molecule has 1 saturated heterocycles. The molecule has 6 heteroatoms. The summed E-state index contributed by atoms with van der Waals surface area (Å²) in [6, 6.07) is 8.98. The van der Waals surface area contributed by atoms with Crippen LogP contribution in [0.25, 0.3) is 0 Å². The Hall–Kier alpha value is -2.10. The first kappa shape index (κ1) is 19.2. The topological polar surface area (TPSA) is 68.6 Å². The van der Waals surface area contributed by atoms with Gasteiger partial charge in [-0.15, -0.1) is 0 Å². The van der Waals surface area contributed by atoms with Crippen LogP contribution in [0.4, 0.5) is 0 Å². The molecule has 1 aliphatic heterocycles. The van der Waals surface area contributed by atoms with E-state index < -0.39 is 0 Å². The summed E-state index contributed by atoms with van der Waals surface area (Å²) in [6.45, 7) is 9.66. The minimum Gasteiger partial charge on any atom is -0.482 e. The number of nitrogens with one attached hydrogen (secondary N) is 1. The van der Waals surface area contributed by atoms with Crippen molar-refractivity contribution in [3.8, 4) is 11.8 Å². The van der Waals surface area contributed by atoms with E-state index >= 15 is 0 Å². The van der Waals surface area contributed by atoms with Crippen LogP contribution in [0.1, 0.15) is 25.3 Å². The molecule has 0 spiro atoms. The zero-order valence-electron chi connectivity index (χ0n) is 15.0. The second-order valence-electron chi connectivity index (χ2n) is 6.23. The van der Waals surface area contributed by atoms with E-state index in [0.717, 1.165) is 52.1 Å². The van der Waals surface area contributed by atoms with Gasteiger partial charge in [-0.05, 0) is 38.1 Å². The van der Waals surface area contributed by atoms with Gasteiger partial charge in [0.2, 0.25) is 0 Å². The van der Waals surface area contributed by atoms with Crippen molar-refractivity contribution in [3.05, 3.63) is 29.8 Å². The number of benzene rings is 1. The number of nitriles is 1. The van der Waals surface area contributed by atoms with Crippen LogP contribution >= 0.6 is 0 Å². The molecule has 6 nitrogen and oxygen atoms in total. The zero-order valence-corrected chi connectivity index (χ0v) is 15.0. The van der Waals surface area contributed by atoms with Crippen LogP contribution in [0.3, 0.4) is 0 Å². The van der Waals surface area contributed by atoms with Crippen molar-refractivity contribution in [2.75, 3.05) is 52.4 Å². The lowest BCUT2D eigenvalue weighted by Gasteiger charge is -2.33. The summed E-state index contributed by atoms with van der Waals surface area (Å²) in [5.41, 5.74) is 0.443. The van der Waals surface area contributed by atoms with Gasteiger partial charge in [-0.1, -0.05) is 19.1 Å². The molecule has 0 saturated carbocycles. The molecule has 0 atom stereocenters. The molecule has 0 aliphatic carbocycles. The lowest BCUT2D eigenvalue weighted by molar-refractivity contribution is -0.123. The van der Waals surface area contributed by atoms with Crippen molar-refractivity contribution < 1.29 is 9.53 Å². The fourth-order valence-corrected chi connectivity index (χ4v) is 2.90. The third kappa shape index (κ3) is 6.73. The van der Waals surface area contributed by atoms with E-state index in [9.17, 15) is 4.79 Å². The Morgan fingerprint density at radius 1 is 1.20 bits per heavy atom. The summed E-state index contributed by atoms with van der Waals surface area (Å²) >= 11 is 0. The van der Waals surface area contributed by atoms with Crippen LogP contribution in [0.5, 0.6) is 5.75 Å². The molecule has 25 heavy (non-hydrogen) atoms. The average Bonchev–Trinajstić information content (AvgIpc) is 2.66. The van der Waals surface area contributed by atoms with E-state index in [4.69, 9.17) is 10.00 Å². The summed E-state index contributed by atoms with van der Waals surface area (Å²) in [5, 5.41) is 11.9. The first-order valence-corrected chi connectivity index (χ1v) is 9.06. The molecule has 1 fully saturated rings. The fourth-order valence-electron chi connectivity index (χ4n) is 2.90. The number of likely N-dealkylation sites (N-methyl/N-ethyl adjacent to an activating group) is 1. The highest BCUT2D eigenvalue weighted by Gasteiger charge is 2.14. The molecule has 1 aliphatic rings. The third-order valence-electron chi connectivity index (χ3n) is 4.50. The zero-order chi connectivity index (χ0) is 17.9. The van der Waals surface area contributed by atoms with E-state index in [0.29, 0.717) is 17.9 Å². The van der Waals surface area contributed by atoms with Crippen LogP contribution in [0, 0.1) is 11.3 Å². The van der Waals surface area contributed by atoms with Crippen LogP contribution in [-0.4, -0.2) is 68.1 Å². The minimum absolute atomic E-state index is 0.0579. The molecular formula is C19H28N4O2. The first-order chi connectivity index (χ1) is 12.2. The molecule has 0 unspecified atom stereocenters. The first-order valence-electron chi connectivity index (χ1n) is 9.06. The molecule has 0 radical (unpaired) electrons. The molecule has 0 aromatic heterocycles. The van der Waals surface area contributed by atoms with Crippen molar-refractivity contribution in [1.29, 1.82) is 5.26 Å². The van der Waals surface area contributed by atoms with Crippen LogP contribution in [0.2, 0.25) is 0 Å². The molecule has 1 heterocycles. The second kappa shape index (κ2) is 10.7. The standard InChI is InChI=1S/C19H28N4O2/c1-2-22-11-13-23(14-12-22)10-6-5-9-21-19(24)16-25-18-8-4-3-7-17(18)15-20/h3-4,7-8H,2,5-6,9-14,16H2,1H3,(H,21,24). The number of hydrogen-bond acceptors (Lipinski definition) is 5. The average molecular weight is 344 g/mol. The van der Waals surface area contributed by atoms with Gasteiger partial charge in [-0.3, -0.25) is 4.79 Å². The van der Waals surface area contributed by atoms with Crippen molar-refractivity contribution in [1.82, 2.24) is 15.1 Å². The number of nitrogens with zero attached hydrogens (tertiary/aromatic N) is 3. The van der Waals surface area contributed by atoms with Gasteiger partial charge in [0, 0.05) is 32.7 Å². The van der Waals surface area contributed by atoms with Gasteiger partial charge >= 0.3 is 0 Å². The molecule has 136 valence electrons. The van der Waals surface area contributed by atoms with Gasteiger partial charge in [-0.2, -0.15) is 5.26 Å². The Morgan fingerprint density at radius 3 is 2.64 bits per heavy atom. The van der Waals surface area contributed by atoms with Crippen LogP contribution in [0.15, 0.2) is 24.3 Å². The molecule has 0 bridgehead atoms. The number of para-hydroxylation sites is 1. The summed E-state index contributed by atoms with van der Waals surface area (Å²) in [4.78, 5) is 16.8. The largest absolute Gasteiger partial charge is 0.482 e. The van der Waals surface area contributed by atoms with Gasteiger partial charge in [0.05, 0.1) is 5.56 Å². The molecule has 1 aromatic rings. The monoisotopic (exact) mass is 344 g/mol. The van der Waals surface area contributed by atoms with Gasteiger partial charge < -0.3 is 19.9 Å².